The molecule has 8 heteroatoms. The number of aryl methyl sites for hydroxylation is 2. The highest BCUT2D eigenvalue weighted by atomic mass is 32.2. The highest BCUT2D eigenvalue weighted by Crippen LogP contribution is 2.44. The SMILES string of the molecule is CN1/C(=C/C=C/C=C/c2sc3ccccc3[n+]2C)Sc2ccccc21.Cc1ccc(S(=O)(=O)[O-])cc1. The number of hydrogen-bond acceptors (Lipinski definition) is 6. The molecule has 0 aliphatic carbocycles. The van der Waals surface area contributed by atoms with E-state index in [1.165, 1.54) is 43.0 Å². The maximum absolute atomic E-state index is 10.4. The van der Waals surface area contributed by atoms with Gasteiger partial charge in [-0.15, -0.1) is 0 Å². The lowest BCUT2D eigenvalue weighted by atomic mass is 10.2. The second-order valence-electron chi connectivity index (χ2n) is 8.11. The van der Waals surface area contributed by atoms with Crippen LogP contribution in [0.1, 0.15) is 10.6 Å². The summed E-state index contributed by atoms with van der Waals surface area (Å²) in [7, 11) is -0.0364. The minimum absolute atomic E-state index is 0.178. The van der Waals surface area contributed by atoms with Gasteiger partial charge in [0.15, 0.2) is 0 Å². The molecule has 0 bridgehead atoms. The molecule has 184 valence electrons. The van der Waals surface area contributed by atoms with Crippen molar-refractivity contribution in [1.29, 1.82) is 0 Å². The van der Waals surface area contributed by atoms with E-state index in [9.17, 15) is 13.0 Å². The fourth-order valence-corrected chi connectivity index (χ4v) is 6.17. The van der Waals surface area contributed by atoms with Crippen LogP contribution in [0.15, 0.2) is 112 Å². The maximum Gasteiger partial charge on any atom is 0.262 e. The van der Waals surface area contributed by atoms with Gasteiger partial charge in [-0.3, -0.25) is 0 Å². The zero-order valence-corrected chi connectivity index (χ0v) is 22.6. The average molecular weight is 535 g/mol. The summed E-state index contributed by atoms with van der Waals surface area (Å²) < 4.78 is 34.7. The third kappa shape index (κ3) is 6.14. The summed E-state index contributed by atoms with van der Waals surface area (Å²) in [5, 5.41) is 2.50. The van der Waals surface area contributed by atoms with Crippen molar-refractivity contribution in [3.05, 3.63) is 113 Å². The summed E-state index contributed by atoms with van der Waals surface area (Å²) in [4.78, 5) is 3.38. The monoisotopic (exact) mass is 534 g/mol. The molecule has 0 saturated heterocycles. The van der Waals surface area contributed by atoms with Crippen molar-refractivity contribution >= 4 is 55.2 Å². The summed E-state index contributed by atoms with van der Waals surface area (Å²) in [6, 6.07) is 22.8. The number of anilines is 1. The predicted molar refractivity (Wildman–Crippen MR) is 149 cm³/mol. The zero-order valence-electron chi connectivity index (χ0n) is 20.2. The molecule has 0 amide bonds. The Hall–Kier alpha value is -3.17. The van der Waals surface area contributed by atoms with E-state index in [0.717, 1.165) is 5.56 Å². The molecule has 1 aliphatic rings. The topological polar surface area (TPSA) is 64.3 Å². The highest BCUT2D eigenvalue weighted by molar-refractivity contribution is 8.03. The van der Waals surface area contributed by atoms with Gasteiger partial charge in [0.25, 0.3) is 5.01 Å². The van der Waals surface area contributed by atoms with Gasteiger partial charge >= 0.3 is 0 Å². The first-order valence-electron chi connectivity index (χ1n) is 11.2. The van der Waals surface area contributed by atoms with Gasteiger partial charge in [0.1, 0.15) is 21.9 Å². The van der Waals surface area contributed by atoms with Crippen molar-refractivity contribution in [2.24, 2.45) is 7.05 Å². The molecule has 1 aliphatic heterocycles. The highest BCUT2D eigenvalue weighted by Gasteiger charge is 2.20. The zero-order chi connectivity index (χ0) is 25.7. The second kappa shape index (κ2) is 11.3. The number of fused-ring (bicyclic) bond motifs is 2. The molecule has 1 aromatic heterocycles. The van der Waals surface area contributed by atoms with Crippen LogP contribution in [-0.2, 0) is 17.2 Å². The van der Waals surface area contributed by atoms with Gasteiger partial charge in [-0.25, -0.2) is 8.42 Å². The molecule has 3 aromatic carbocycles. The predicted octanol–water partition coefficient (Wildman–Crippen LogP) is 6.28. The quantitative estimate of drug-likeness (QED) is 0.175. The first kappa shape index (κ1) is 25.9. The number of allylic oxidation sites excluding steroid dienone is 4. The van der Waals surface area contributed by atoms with Gasteiger partial charge in [0.05, 0.1) is 15.6 Å². The molecule has 5 rings (SSSR count). The Labute approximate surface area is 220 Å². The molecule has 0 N–H and O–H groups in total. The van der Waals surface area contributed by atoms with Crippen LogP contribution in [0.2, 0.25) is 0 Å². The van der Waals surface area contributed by atoms with Crippen molar-refractivity contribution in [2.75, 3.05) is 11.9 Å². The Kier molecular flexibility index (Phi) is 8.11. The Morgan fingerprint density at radius 3 is 2.31 bits per heavy atom. The molecular formula is C28H26N2O3S3. The van der Waals surface area contributed by atoms with Crippen molar-refractivity contribution < 1.29 is 17.5 Å². The van der Waals surface area contributed by atoms with Crippen molar-refractivity contribution in [2.45, 2.75) is 16.7 Å². The van der Waals surface area contributed by atoms with Crippen molar-refractivity contribution in [1.82, 2.24) is 0 Å². The number of benzene rings is 3. The van der Waals surface area contributed by atoms with Crippen LogP contribution in [0, 0.1) is 6.92 Å². The summed E-state index contributed by atoms with van der Waals surface area (Å²) in [5.41, 5.74) is 3.48. The van der Waals surface area contributed by atoms with Crippen LogP contribution in [0.25, 0.3) is 16.3 Å². The fraction of sp³-hybridized carbons (Fsp3) is 0.107. The molecule has 0 spiro atoms. The van der Waals surface area contributed by atoms with Gasteiger partial charge in [-0.1, -0.05) is 83.3 Å². The van der Waals surface area contributed by atoms with E-state index in [1.54, 1.807) is 12.1 Å². The Morgan fingerprint density at radius 2 is 1.61 bits per heavy atom. The Morgan fingerprint density at radius 1 is 0.917 bits per heavy atom. The third-order valence-electron chi connectivity index (χ3n) is 5.55. The largest absolute Gasteiger partial charge is 0.744 e. The van der Waals surface area contributed by atoms with E-state index in [-0.39, 0.29) is 4.90 Å². The van der Waals surface area contributed by atoms with E-state index in [1.807, 2.05) is 30.0 Å². The van der Waals surface area contributed by atoms with Gasteiger partial charge in [0.2, 0.25) is 5.52 Å². The Bertz CT molecular complexity index is 1570. The van der Waals surface area contributed by atoms with E-state index in [4.69, 9.17) is 0 Å². The van der Waals surface area contributed by atoms with Crippen LogP contribution in [-0.4, -0.2) is 20.0 Å². The lowest BCUT2D eigenvalue weighted by Gasteiger charge is -2.12. The molecule has 4 aromatic rings. The third-order valence-corrected chi connectivity index (χ3v) is 8.77. The number of para-hydroxylation sites is 2. The smallest absolute Gasteiger partial charge is 0.262 e. The molecule has 0 saturated carbocycles. The molecule has 2 heterocycles. The molecule has 5 nitrogen and oxygen atoms in total. The molecule has 0 fully saturated rings. The Balaban J connectivity index is 0.000000233. The van der Waals surface area contributed by atoms with Crippen molar-refractivity contribution in [3.8, 4) is 0 Å². The molecular weight excluding hydrogens is 509 g/mol. The summed E-state index contributed by atoms with van der Waals surface area (Å²) >= 11 is 3.63. The van der Waals surface area contributed by atoms with Gasteiger partial charge < -0.3 is 9.45 Å². The minimum Gasteiger partial charge on any atom is -0.744 e. The van der Waals surface area contributed by atoms with E-state index in [0.29, 0.717) is 0 Å². The number of thiazole rings is 1. The summed E-state index contributed by atoms with van der Waals surface area (Å²) in [6.07, 6.45) is 10.6. The number of aromatic nitrogens is 1. The fourth-order valence-electron chi connectivity index (χ4n) is 3.58. The molecule has 0 unspecified atom stereocenters. The van der Waals surface area contributed by atoms with Gasteiger partial charge in [0, 0.05) is 24.1 Å². The average Bonchev–Trinajstić information content (AvgIpc) is 3.35. The number of thioether (sulfide) groups is 1. The lowest BCUT2D eigenvalue weighted by Crippen LogP contribution is -2.28. The minimum atomic E-state index is -4.27. The summed E-state index contributed by atoms with van der Waals surface area (Å²) in [6.45, 7) is 1.82. The number of hydrogen-bond donors (Lipinski definition) is 0. The van der Waals surface area contributed by atoms with E-state index in [2.05, 4.69) is 102 Å². The number of rotatable bonds is 4. The first-order valence-corrected chi connectivity index (χ1v) is 14.2. The second-order valence-corrected chi connectivity index (χ2v) is 11.6. The molecule has 0 atom stereocenters. The van der Waals surface area contributed by atoms with Gasteiger partial charge in [-0.2, -0.15) is 4.57 Å². The van der Waals surface area contributed by atoms with E-state index < -0.39 is 10.1 Å². The van der Waals surface area contributed by atoms with Crippen LogP contribution >= 0.6 is 23.1 Å². The lowest BCUT2D eigenvalue weighted by molar-refractivity contribution is -0.642. The normalized spacial score (nSPS) is 14.6. The van der Waals surface area contributed by atoms with Crippen LogP contribution in [0.4, 0.5) is 5.69 Å². The van der Waals surface area contributed by atoms with Crippen molar-refractivity contribution in [3.63, 3.8) is 0 Å². The molecule has 36 heavy (non-hydrogen) atoms. The van der Waals surface area contributed by atoms with E-state index >= 15 is 0 Å². The van der Waals surface area contributed by atoms with Crippen LogP contribution in [0.5, 0.6) is 0 Å². The molecule has 0 radical (unpaired) electrons. The summed E-state index contributed by atoms with van der Waals surface area (Å²) in [5.74, 6) is 0. The first-order chi connectivity index (χ1) is 17.2. The number of nitrogens with zero attached hydrogens (tertiary/aromatic N) is 2. The van der Waals surface area contributed by atoms with Crippen LogP contribution in [0.3, 0.4) is 0 Å². The van der Waals surface area contributed by atoms with Crippen LogP contribution < -0.4 is 9.47 Å². The standard InChI is InChI=1S/C21H19N2S2.C7H8O3S/c1-22-16-10-6-8-12-18(16)24-20(22)14-4-3-5-15-21-23(2)17-11-7-9-13-19(17)25-21;1-6-2-4-7(5-3-6)11(8,9)10/h3-15H,1-2H3;2-5H,1H3,(H,8,9,10)/q+1;/p-1. The van der Waals surface area contributed by atoms with Gasteiger partial charge in [-0.05, 0) is 43.3 Å². The maximum atomic E-state index is 10.4.